The van der Waals surface area contributed by atoms with E-state index in [-0.39, 0.29) is 0 Å². The SMILES string of the molecule is COc1ncccc1-c1cnn2ccc(CCCN(C)C(=O)O)nc12. The second-order valence-electron chi connectivity index (χ2n) is 5.61. The molecule has 3 rings (SSSR count). The Kier molecular flexibility index (Phi) is 4.78. The average molecular weight is 341 g/mol. The van der Waals surface area contributed by atoms with Crippen molar-refractivity contribution in [2.45, 2.75) is 12.8 Å². The van der Waals surface area contributed by atoms with E-state index in [1.807, 2.05) is 24.4 Å². The number of aryl methyl sites for hydroxylation is 1. The molecule has 25 heavy (non-hydrogen) atoms. The Bertz CT molecular complexity index is 893. The molecule has 3 aromatic heterocycles. The van der Waals surface area contributed by atoms with Crippen molar-refractivity contribution in [3.63, 3.8) is 0 Å². The number of amides is 1. The topological polar surface area (TPSA) is 92.9 Å². The van der Waals surface area contributed by atoms with E-state index in [1.54, 1.807) is 31.1 Å². The zero-order valence-electron chi connectivity index (χ0n) is 14.1. The number of aromatic nitrogens is 4. The van der Waals surface area contributed by atoms with Gasteiger partial charge in [0.25, 0.3) is 0 Å². The minimum absolute atomic E-state index is 0.463. The molecule has 0 aliphatic rings. The number of fused-ring (bicyclic) bond motifs is 1. The molecule has 0 aromatic carbocycles. The Labute approximate surface area is 144 Å². The van der Waals surface area contributed by atoms with E-state index in [2.05, 4.69) is 15.1 Å². The Morgan fingerprint density at radius 1 is 1.36 bits per heavy atom. The van der Waals surface area contributed by atoms with Crippen molar-refractivity contribution in [1.29, 1.82) is 0 Å². The summed E-state index contributed by atoms with van der Waals surface area (Å²) in [5, 5.41) is 13.2. The highest BCUT2D eigenvalue weighted by molar-refractivity contribution is 5.79. The van der Waals surface area contributed by atoms with E-state index in [4.69, 9.17) is 9.84 Å². The predicted molar refractivity (Wildman–Crippen MR) is 91.7 cm³/mol. The molecule has 0 aliphatic carbocycles. The van der Waals surface area contributed by atoms with Gasteiger partial charge in [-0.2, -0.15) is 5.10 Å². The molecule has 0 fully saturated rings. The summed E-state index contributed by atoms with van der Waals surface area (Å²) in [6.07, 6.45) is 5.72. The summed E-state index contributed by atoms with van der Waals surface area (Å²) in [5.41, 5.74) is 3.27. The normalized spacial score (nSPS) is 10.8. The summed E-state index contributed by atoms with van der Waals surface area (Å²) in [6.45, 7) is 0.463. The molecule has 0 atom stereocenters. The molecule has 0 saturated carbocycles. The molecule has 0 spiro atoms. The highest BCUT2D eigenvalue weighted by Crippen LogP contribution is 2.30. The summed E-state index contributed by atoms with van der Waals surface area (Å²) in [4.78, 5) is 21.0. The first-order valence-electron chi connectivity index (χ1n) is 7.87. The fraction of sp³-hybridized carbons (Fsp3) is 0.294. The monoisotopic (exact) mass is 341 g/mol. The molecule has 3 heterocycles. The molecule has 0 aliphatic heterocycles. The molecule has 130 valence electrons. The van der Waals surface area contributed by atoms with E-state index in [0.717, 1.165) is 22.5 Å². The largest absolute Gasteiger partial charge is 0.481 e. The van der Waals surface area contributed by atoms with Crippen molar-refractivity contribution in [2.24, 2.45) is 0 Å². The fourth-order valence-corrected chi connectivity index (χ4v) is 2.59. The van der Waals surface area contributed by atoms with Gasteiger partial charge >= 0.3 is 6.09 Å². The number of pyridine rings is 1. The van der Waals surface area contributed by atoms with Crippen LogP contribution in [0, 0.1) is 0 Å². The van der Waals surface area contributed by atoms with Crippen LogP contribution in [0.3, 0.4) is 0 Å². The lowest BCUT2D eigenvalue weighted by Crippen LogP contribution is -2.25. The minimum Gasteiger partial charge on any atom is -0.481 e. The van der Waals surface area contributed by atoms with Crippen molar-refractivity contribution < 1.29 is 14.6 Å². The lowest BCUT2D eigenvalue weighted by atomic mass is 10.1. The highest BCUT2D eigenvalue weighted by atomic mass is 16.5. The third-order valence-electron chi connectivity index (χ3n) is 3.93. The van der Waals surface area contributed by atoms with Crippen molar-refractivity contribution in [3.05, 3.63) is 42.5 Å². The van der Waals surface area contributed by atoms with E-state index in [1.165, 1.54) is 4.90 Å². The van der Waals surface area contributed by atoms with Crippen LogP contribution in [0.4, 0.5) is 4.79 Å². The first kappa shape index (κ1) is 16.7. The zero-order valence-corrected chi connectivity index (χ0v) is 14.1. The standard InChI is InChI=1S/C17H19N5O3/c1-21(17(23)24)9-4-5-12-7-10-22-15(20-12)14(11-19-22)13-6-3-8-18-16(13)25-2/h3,6-8,10-11H,4-5,9H2,1-2H3,(H,23,24). The number of hydrogen-bond donors (Lipinski definition) is 1. The Morgan fingerprint density at radius 3 is 2.96 bits per heavy atom. The molecule has 0 saturated heterocycles. The second-order valence-corrected chi connectivity index (χ2v) is 5.61. The summed E-state index contributed by atoms with van der Waals surface area (Å²) in [5.74, 6) is 0.521. The lowest BCUT2D eigenvalue weighted by Gasteiger charge is -2.12. The zero-order chi connectivity index (χ0) is 17.8. The van der Waals surface area contributed by atoms with Crippen LogP contribution in [-0.2, 0) is 6.42 Å². The van der Waals surface area contributed by atoms with Gasteiger partial charge in [-0.1, -0.05) is 0 Å². The molecule has 0 bridgehead atoms. The van der Waals surface area contributed by atoms with Crippen LogP contribution >= 0.6 is 0 Å². The summed E-state index contributed by atoms with van der Waals surface area (Å²) < 4.78 is 7.03. The molecular weight excluding hydrogens is 322 g/mol. The van der Waals surface area contributed by atoms with Crippen molar-refractivity contribution >= 4 is 11.7 Å². The molecule has 0 unspecified atom stereocenters. The molecule has 8 heteroatoms. The predicted octanol–water partition coefficient (Wildman–Crippen LogP) is 2.34. The average Bonchev–Trinajstić information content (AvgIpc) is 3.04. The summed E-state index contributed by atoms with van der Waals surface area (Å²) in [6, 6.07) is 5.65. The maximum absolute atomic E-state index is 10.8. The Balaban J connectivity index is 1.86. The van der Waals surface area contributed by atoms with Crippen LogP contribution in [0.2, 0.25) is 0 Å². The highest BCUT2D eigenvalue weighted by Gasteiger charge is 2.14. The summed E-state index contributed by atoms with van der Waals surface area (Å²) >= 11 is 0. The van der Waals surface area contributed by atoms with Crippen LogP contribution in [0.25, 0.3) is 16.8 Å². The van der Waals surface area contributed by atoms with Gasteiger partial charge < -0.3 is 14.7 Å². The lowest BCUT2D eigenvalue weighted by molar-refractivity contribution is 0.155. The quantitative estimate of drug-likeness (QED) is 0.740. The van der Waals surface area contributed by atoms with Gasteiger partial charge in [-0.3, -0.25) is 0 Å². The maximum Gasteiger partial charge on any atom is 0.407 e. The van der Waals surface area contributed by atoms with Gasteiger partial charge in [0.15, 0.2) is 5.65 Å². The second kappa shape index (κ2) is 7.16. The van der Waals surface area contributed by atoms with Gasteiger partial charge in [0, 0.05) is 37.2 Å². The van der Waals surface area contributed by atoms with E-state index >= 15 is 0 Å². The third kappa shape index (κ3) is 3.52. The summed E-state index contributed by atoms with van der Waals surface area (Å²) in [7, 11) is 3.14. The Hall–Kier alpha value is -3.16. The van der Waals surface area contributed by atoms with Gasteiger partial charge in [0.05, 0.1) is 18.9 Å². The van der Waals surface area contributed by atoms with E-state index in [0.29, 0.717) is 25.3 Å². The van der Waals surface area contributed by atoms with E-state index < -0.39 is 6.09 Å². The third-order valence-corrected chi connectivity index (χ3v) is 3.93. The van der Waals surface area contributed by atoms with Gasteiger partial charge in [-0.05, 0) is 31.0 Å². The molecule has 8 nitrogen and oxygen atoms in total. The van der Waals surface area contributed by atoms with Gasteiger partial charge in [-0.15, -0.1) is 0 Å². The van der Waals surface area contributed by atoms with Gasteiger partial charge in [-0.25, -0.2) is 19.3 Å². The number of ether oxygens (including phenoxy) is 1. The van der Waals surface area contributed by atoms with Crippen molar-refractivity contribution in [2.75, 3.05) is 20.7 Å². The van der Waals surface area contributed by atoms with Crippen LogP contribution in [0.5, 0.6) is 5.88 Å². The number of hydrogen-bond acceptors (Lipinski definition) is 5. The van der Waals surface area contributed by atoms with Crippen LogP contribution in [0.15, 0.2) is 36.8 Å². The first-order chi connectivity index (χ1) is 12.1. The number of rotatable bonds is 6. The van der Waals surface area contributed by atoms with Gasteiger partial charge in [0.2, 0.25) is 5.88 Å². The molecule has 1 N–H and O–H groups in total. The minimum atomic E-state index is -0.926. The van der Waals surface area contributed by atoms with Crippen molar-refractivity contribution in [1.82, 2.24) is 24.5 Å². The molecule has 0 radical (unpaired) electrons. The van der Waals surface area contributed by atoms with Crippen LogP contribution < -0.4 is 4.74 Å². The molecule has 1 amide bonds. The number of carboxylic acid groups (broad SMARTS) is 1. The molecular formula is C17H19N5O3. The Morgan fingerprint density at radius 2 is 2.20 bits per heavy atom. The first-order valence-corrected chi connectivity index (χ1v) is 7.87. The fourth-order valence-electron chi connectivity index (χ4n) is 2.59. The van der Waals surface area contributed by atoms with E-state index in [9.17, 15) is 4.79 Å². The van der Waals surface area contributed by atoms with Crippen LogP contribution in [-0.4, -0.2) is 56.4 Å². The smallest absolute Gasteiger partial charge is 0.407 e. The number of methoxy groups -OCH3 is 1. The number of nitrogens with zero attached hydrogens (tertiary/aromatic N) is 5. The number of carbonyl (C=O) groups is 1. The molecule has 3 aromatic rings. The maximum atomic E-state index is 10.8. The van der Waals surface area contributed by atoms with Crippen LogP contribution in [0.1, 0.15) is 12.1 Å². The van der Waals surface area contributed by atoms with Gasteiger partial charge in [0.1, 0.15) is 0 Å². The van der Waals surface area contributed by atoms with Crippen molar-refractivity contribution in [3.8, 4) is 17.0 Å².